The molecule has 1 amide bonds. The molecule has 0 aromatic carbocycles. The maximum absolute atomic E-state index is 13.4. The van der Waals surface area contributed by atoms with Gasteiger partial charge in [0.05, 0.1) is 11.8 Å². The maximum Gasteiger partial charge on any atom is 0.266 e. The minimum absolute atomic E-state index is 0.0242. The van der Waals surface area contributed by atoms with Gasteiger partial charge >= 0.3 is 0 Å². The Morgan fingerprint density at radius 3 is 2.89 bits per heavy atom. The summed E-state index contributed by atoms with van der Waals surface area (Å²) in [4.78, 5) is 24.6. The molecule has 0 radical (unpaired) electrons. The van der Waals surface area contributed by atoms with E-state index in [4.69, 9.17) is 9.15 Å². The van der Waals surface area contributed by atoms with Crippen LogP contribution in [0.3, 0.4) is 0 Å². The Balaban J connectivity index is 1.59. The number of rotatable bonds is 6. The Bertz CT molecular complexity index is 945. The maximum atomic E-state index is 13.4. The first-order chi connectivity index (χ1) is 13.6. The summed E-state index contributed by atoms with van der Waals surface area (Å²) in [5.74, 6) is 1.50. The van der Waals surface area contributed by atoms with Gasteiger partial charge in [0, 0.05) is 32.1 Å². The number of pyridine rings is 1. The number of amides is 1. The quantitative estimate of drug-likeness (QED) is 0.622. The molecule has 7 heteroatoms. The molecule has 0 aliphatic carbocycles. The highest BCUT2D eigenvalue weighted by atomic mass is 32.1. The van der Waals surface area contributed by atoms with E-state index in [9.17, 15) is 4.79 Å². The average molecular weight is 398 g/mol. The average Bonchev–Trinajstić information content (AvgIpc) is 3.43. The molecule has 4 rings (SSSR count). The Labute approximate surface area is 168 Å². The van der Waals surface area contributed by atoms with Gasteiger partial charge in [-0.3, -0.25) is 9.78 Å². The lowest BCUT2D eigenvalue weighted by atomic mass is 10.2. The first kappa shape index (κ1) is 18.8. The molecule has 28 heavy (non-hydrogen) atoms. The molecule has 1 aliphatic rings. The van der Waals surface area contributed by atoms with E-state index in [0.717, 1.165) is 41.5 Å². The highest BCUT2D eigenvalue weighted by molar-refractivity contribution is 7.17. The number of aryl methyl sites for hydroxylation is 2. The van der Waals surface area contributed by atoms with Gasteiger partial charge in [0.1, 0.15) is 10.6 Å². The molecule has 1 aliphatic heterocycles. The molecule has 1 fully saturated rings. The summed E-state index contributed by atoms with van der Waals surface area (Å²) in [5, 5.41) is 0.729. The van der Waals surface area contributed by atoms with E-state index >= 15 is 0 Å². The van der Waals surface area contributed by atoms with Crippen LogP contribution in [0.2, 0.25) is 0 Å². The molecule has 1 atom stereocenters. The van der Waals surface area contributed by atoms with E-state index in [1.54, 1.807) is 12.4 Å². The fraction of sp³-hybridized carbons (Fsp3) is 0.381. The Morgan fingerprint density at radius 1 is 1.32 bits per heavy atom. The van der Waals surface area contributed by atoms with E-state index in [0.29, 0.717) is 23.7 Å². The van der Waals surface area contributed by atoms with Crippen LogP contribution >= 0.6 is 11.3 Å². The van der Waals surface area contributed by atoms with Crippen LogP contribution in [0, 0.1) is 13.8 Å². The van der Waals surface area contributed by atoms with E-state index in [1.807, 2.05) is 43.0 Å². The van der Waals surface area contributed by atoms with Crippen molar-refractivity contribution in [3.8, 4) is 10.8 Å². The van der Waals surface area contributed by atoms with Crippen LogP contribution in [-0.2, 0) is 11.3 Å². The van der Waals surface area contributed by atoms with E-state index in [1.165, 1.54) is 11.3 Å². The number of nitrogens with zero attached hydrogens (tertiary/aromatic N) is 3. The lowest BCUT2D eigenvalue weighted by Gasteiger charge is -2.25. The SMILES string of the molecule is Cc1ccc(-c2nc(C)c(C(=O)N(Cc3cccnc3)CC3CCCO3)s2)o1. The van der Waals surface area contributed by atoms with Crippen LogP contribution in [0.4, 0.5) is 0 Å². The van der Waals surface area contributed by atoms with Crippen molar-refractivity contribution >= 4 is 17.2 Å². The molecule has 146 valence electrons. The van der Waals surface area contributed by atoms with Crippen molar-refractivity contribution in [2.75, 3.05) is 13.2 Å². The molecule has 4 heterocycles. The predicted molar refractivity (Wildman–Crippen MR) is 107 cm³/mol. The van der Waals surface area contributed by atoms with Crippen LogP contribution in [0.1, 0.15) is 39.5 Å². The molecule has 6 nitrogen and oxygen atoms in total. The van der Waals surface area contributed by atoms with E-state index in [2.05, 4.69) is 9.97 Å². The molecule has 3 aromatic heterocycles. The van der Waals surface area contributed by atoms with Gasteiger partial charge in [0.2, 0.25) is 0 Å². The van der Waals surface area contributed by atoms with Gasteiger partial charge in [0.15, 0.2) is 10.8 Å². The highest BCUT2D eigenvalue weighted by Gasteiger charge is 2.27. The molecular weight excluding hydrogens is 374 g/mol. The van der Waals surface area contributed by atoms with Crippen molar-refractivity contribution in [3.63, 3.8) is 0 Å². The minimum Gasteiger partial charge on any atom is -0.459 e. The summed E-state index contributed by atoms with van der Waals surface area (Å²) in [6.45, 7) is 5.60. The number of ether oxygens (including phenoxy) is 1. The van der Waals surface area contributed by atoms with Crippen LogP contribution < -0.4 is 0 Å². The van der Waals surface area contributed by atoms with Gasteiger partial charge in [-0.15, -0.1) is 11.3 Å². The standard InChI is InChI=1S/C21H23N3O3S/c1-14-7-8-18(27-14)20-23-15(2)19(28-20)21(25)24(13-17-6-4-10-26-17)12-16-5-3-9-22-11-16/h3,5,7-9,11,17H,4,6,10,12-13H2,1-2H3. The number of thiazole rings is 1. The molecule has 1 unspecified atom stereocenters. The fourth-order valence-electron chi connectivity index (χ4n) is 3.36. The van der Waals surface area contributed by atoms with Crippen molar-refractivity contribution in [3.05, 3.63) is 58.6 Å². The lowest BCUT2D eigenvalue weighted by molar-refractivity contribution is 0.0510. The zero-order valence-electron chi connectivity index (χ0n) is 16.1. The zero-order chi connectivity index (χ0) is 19.5. The van der Waals surface area contributed by atoms with Crippen molar-refractivity contribution in [2.45, 2.75) is 39.3 Å². The van der Waals surface area contributed by atoms with Crippen LogP contribution in [0.25, 0.3) is 10.8 Å². The third kappa shape index (κ3) is 4.15. The summed E-state index contributed by atoms with van der Waals surface area (Å²) in [6.07, 6.45) is 5.64. The first-order valence-electron chi connectivity index (χ1n) is 9.44. The second-order valence-corrected chi connectivity index (χ2v) is 8.02. The lowest BCUT2D eigenvalue weighted by Crippen LogP contribution is -2.36. The number of aromatic nitrogens is 2. The summed E-state index contributed by atoms with van der Waals surface area (Å²) in [5.41, 5.74) is 1.72. The number of hydrogen-bond acceptors (Lipinski definition) is 6. The number of carbonyl (C=O) groups is 1. The topological polar surface area (TPSA) is 68.5 Å². The van der Waals surface area contributed by atoms with Crippen molar-refractivity contribution in [2.24, 2.45) is 0 Å². The Morgan fingerprint density at radius 2 is 2.21 bits per heavy atom. The Hall–Kier alpha value is -2.51. The number of carbonyl (C=O) groups excluding carboxylic acids is 1. The Kier molecular flexibility index (Phi) is 5.54. The second kappa shape index (κ2) is 8.24. The monoisotopic (exact) mass is 397 g/mol. The number of furan rings is 1. The van der Waals surface area contributed by atoms with Crippen molar-refractivity contribution in [1.29, 1.82) is 0 Å². The summed E-state index contributed by atoms with van der Waals surface area (Å²) >= 11 is 1.38. The second-order valence-electron chi connectivity index (χ2n) is 7.03. The first-order valence-corrected chi connectivity index (χ1v) is 10.3. The van der Waals surface area contributed by atoms with E-state index < -0.39 is 0 Å². The van der Waals surface area contributed by atoms with E-state index in [-0.39, 0.29) is 12.0 Å². The van der Waals surface area contributed by atoms with Crippen LogP contribution in [0.5, 0.6) is 0 Å². The largest absolute Gasteiger partial charge is 0.459 e. The summed E-state index contributed by atoms with van der Waals surface area (Å²) in [6, 6.07) is 7.67. The van der Waals surface area contributed by atoms with Gasteiger partial charge < -0.3 is 14.1 Å². The zero-order valence-corrected chi connectivity index (χ0v) is 16.9. The third-order valence-electron chi connectivity index (χ3n) is 4.77. The fourth-order valence-corrected chi connectivity index (χ4v) is 4.35. The van der Waals surface area contributed by atoms with Crippen molar-refractivity contribution < 1.29 is 13.9 Å². The molecule has 0 spiro atoms. The molecule has 0 N–H and O–H groups in total. The molecule has 1 saturated heterocycles. The minimum atomic E-state index is -0.0242. The van der Waals surface area contributed by atoms with Crippen LogP contribution in [-0.4, -0.2) is 40.0 Å². The molecular formula is C21H23N3O3S. The normalized spacial score (nSPS) is 16.4. The molecule has 0 saturated carbocycles. The van der Waals surface area contributed by atoms with Gasteiger partial charge in [-0.25, -0.2) is 4.98 Å². The van der Waals surface area contributed by atoms with Gasteiger partial charge in [-0.1, -0.05) is 6.07 Å². The predicted octanol–water partition coefficient (Wildman–Crippen LogP) is 4.24. The number of hydrogen-bond donors (Lipinski definition) is 0. The third-order valence-corrected chi connectivity index (χ3v) is 5.93. The summed E-state index contributed by atoms with van der Waals surface area (Å²) in [7, 11) is 0. The molecule has 3 aromatic rings. The highest BCUT2D eigenvalue weighted by Crippen LogP contribution is 2.30. The van der Waals surface area contributed by atoms with Crippen molar-refractivity contribution in [1.82, 2.24) is 14.9 Å². The van der Waals surface area contributed by atoms with Gasteiger partial charge in [0.25, 0.3) is 5.91 Å². The van der Waals surface area contributed by atoms with Gasteiger partial charge in [-0.2, -0.15) is 0 Å². The molecule has 0 bridgehead atoms. The van der Waals surface area contributed by atoms with Crippen LogP contribution in [0.15, 0.2) is 41.1 Å². The van der Waals surface area contributed by atoms with Gasteiger partial charge in [-0.05, 0) is 50.5 Å². The smallest absolute Gasteiger partial charge is 0.266 e. The summed E-state index contributed by atoms with van der Waals surface area (Å²) < 4.78 is 11.5.